The molecule has 0 unspecified atom stereocenters. The summed E-state index contributed by atoms with van der Waals surface area (Å²) >= 11 is 6.19. The van der Waals surface area contributed by atoms with E-state index in [4.69, 9.17) is 17.3 Å². The zero-order valence-corrected chi connectivity index (χ0v) is 10.4. The van der Waals surface area contributed by atoms with Crippen molar-refractivity contribution in [3.63, 3.8) is 0 Å². The van der Waals surface area contributed by atoms with Crippen LogP contribution in [0.15, 0.2) is 18.2 Å². The summed E-state index contributed by atoms with van der Waals surface area (Å²) in [5.41, 5.74) is 7.87. The van der Waals surface area contributed by atoms with Crippen molar-refractivity contribution in [2.45, 2.75) is 20.4 Å². The average Bonchev–Trinajstić information content (AvgIpc) is 2.15. The highest BCUT2D eigenvalue weighted by Gasteiger charge is 2.11. The third-order valence-corrected chi connectivity index (χ3v) is 2.62. The number of rotatable bonds is 4. The van der Waals surface area contributed by atoms with Gasteiger partial charge < -0.3 is 10.6 Å². The normalized spacial score (nSPS) is 10.8. The van der Waals surface area contributed by atoms with E-state index in [2.05, 4.69) is 25.8 Å². The van der Waals surface area contributed by atoms with E-state index in [-0.39, 0.29) is 0 Å². The molecule has 1 aromatic rings. The number of halogens is 1. The molecule has 0 amide bonds. The second kappa shape index (κ2) is 5.38. The Kier molecular flexibility index (Phi) is 4.43. The summed E-state index contributed by atoms with van der Waals surface area (Å²) in [6.45, 7) is 5.89. The lowest BCUT2D eigenvalue weighted by atomic mass is 10.1. The van der Waals surface area contributed by atoms with Gasteiger partial charge in [-0.15, -0.1) is 0 Å². The molecule has 0 aliphatic carbocycles. The largest absolute Gasteiger partial charge is 0.373 e. The van der Waals surface area contributed by atoms with E-state index in [0.29, 0.717) is 12.5 Å². The zero-order chi connectivity index (χ0) is 11.4. The number of anilines is 1. The number of hydrogen-bond donors (Lipinski definition) is 1. The minimum Gasteiger partial charge on any atom is -0.373 e. The van der Waals surface area contributed by atoms with Crippen molar-refractivity contribution < 1.29 is 0 Å². The molecule has 0 atom stereocenters. The molecule has 1 aromatic carbocycles. The maximum atomic E-state index is 6.19. The molecule has 15 heavy (non-hydrogen) atoms. The fourth-order valence-corrected chi connectivity index (χ4v) is 2.13. The fourth-order valence-electron chi connectivity index (χ4n) is 1.79. The van der Waals surface area contributed by atoms with Crippen molar-refractivity contribution >= 4 is 17.3 Å². The van der Waals surface area contributed by atoms with Gasteiger partial charge in [-0.05, 0) is 17.5 Å². The second-order valence-electron chi connectivity index (χ2n) is 4.23. The number of nitrogens with two attached hydrogens (primary N) is 1. The lowest BCUT2D eigenvalue weighted by Gasteiger charge is -2.25. The summed E-state index contributed by atoms with van der Waals surface area (Å²) in [5, 5.41) is 0.779. The molecule has 0 heterocycles. The van der Waals surface area contributed by atoms with E-state index in [9.17, 15) is 0 Å². The maximum Gasteiger partial charge on any atom is 0.0642 e. The first-order chi connectivity index (χ1) is 7.06. The van der Waals surface area contributed by atoms with E-state index in [1.54, 1.807) is 0 Å². The Bertz CT molecular complexity index is 323. The molecule has 3 heteroatoms. The van der Waals surface area contributed by atoms with Crippen LogP contribution in [0, 0.1) is 5.92 Å². The Morgan fingerprint density at radius 1 is 1.40 bits per heavy atom. The molecule has 0 aliphatic heterocycles. The molecule has 0 fully saturated rings. The number of nitrogens with zero attached hydrogens (tertiary/aromatic N) is 1. The van der Waals surface area contributed by atoms with Gasteiger partial charge >= 0.3 is 0 Å². The zero-order valence-electron chi connectivity index (χ0n) is 9.63. The molecule has 2 nitrogen and oxygen atoms in total. The molecule has 0 bridgehead atoms. The topological polar surface area (TPSA) is 29.3 Å². The predicted octanol–water partition coefficient (Wildman–Crippen LogP) is 2.89. The fraction of sp³-hybridized carbons (Fsp3) is 0.500. The Morgan fingerprint density at radius 2 is 2.07 bits per heavy atom. The predicted molar refractivity (Wildman–Crippen MR) is 67.5 cm³/mol. The van der Waals surface area contributed by atoms with Gasteiger partial charge in [-0.25, -0.2) is 0 Å². The molecule has 1 rings (SSSR count). The van der Waals surface area contributed by atoms with E-state index in [1.807, 2.05) is 18.2 Å². The van der Waals surface area contributed by atoms with Crippen molar-refractivity contribution in [3.8, 4) is 0 Å². The Hall–Kier alpha value is -0.730. The summed E-state index contributed by atoms with van der Waals surface area (Å²) in [5.74, 6) is 0.608. The molecule has 2 N–H and O–H groups in total. The SMILES string of the molecule is CC(C)CN(C)c1c(Cl)cccc1CN. The van der Waals surface area contributed by atoms with Crippen molar-refractivity contribution in [1.29, 1.82) is 0 Å². The van der Waals surface area contributed by atoms with Crippen molar-refractivity contribution in [2.24, 2.45) is 11.7 Å². The van der Waals surface area contributed by atoms with Crippen LogP contribution in [0.25, 0.3) is 0 Å². The van der Waals surface area contributed by atoms with E-state index >= 15 is 0 Å². The molecule has 0 saturated heterocycles. The molecule has 84 valence electrons. The van der Waals surface area contributed by atoms with Gasteiger partial charge in [0.1, 0.15) is 0 Å². The van der Waals surface area contributed by atoms with Crippen LogP contribution < -0.4 is 10.6 Å². The highest BCUT2D eigenvalue weighted by atomic mass is 35.5. The molecular weight excluding hydrogens is 208 g/mol. The molecule has 0 spiro atoms. The maximum absolute atomic E-state index is 6.19. The summed E-state index contributed by atoms with van der Waals surface area (Å²) in [7, 11) is 2.06. The van der Waals surface area contributed by atoms with Crippen LogP contribution in [0.2, 0.25) is 5.02 Å². The van der Waals surface area contributed by atoms with Gasteiger partial charge in [0.2, 0.25) is 0 Å². The van der Waals surface area contributed by atoms with Crippen LogP contribution in [0.4, 0.5) is 5.69 Å². The molecular formula is C12H19ClN2. The van der Waals surface area contributed by atoms with Gasteiger partial charge in [0.15, 0.2) is 0 Å². The molecule has 0 aliphatic rings. The van der Waals surface area contributed by atoms with Crippen LogP contribution in [0.1, 0.15) is 19.4 Å². The van der Waals surface area contributed by atoms with Gasteiger partial charge in [-0.1, -0.05) is 37.6 Å². The van der Waals surface area contributed by atoms with Crippen LogP contribution in [0.3, 0.4) is 0 Å². The first-order valence-corrected chi connectivity index (χ1v) is 5.62. The van der Waals surface area contributed by atoms with E-state index in [1.165, 1.54) is 0 Å². The van der Waals surface area contributed by atoms with E-state index in [0.717, 1.165) is 22.8 Å². The van der Waals surface area contributed by atoms with Crippen molar-refractivity contribution in [1.82, 2.24) is 0 Å². The van der Waals surface area contributed by atoms with Crippen LogP contribution >= 0.6 is 11.6 Å². The monoisotopic (exact) mass is 226 g/mol. The number of hydrogen-bond acceptors (Lipinski definition) is 2. The van der Waals surface area contributed by atoms with Gasteiger partial charge in [-0.2, -0.15) is 0 Å². The summed E-state index contributed by atoms with van der Waals surface area (Å²) in [4.78, 5) is 2.18. The molecule has 0 radical (unpaired) electrons. The lowest BCUT2D eigenvalue weighted by Crippen LogP contribution is -2.24. The first kappa shape index (κ1) is 12.3. The standard InChI is InChI=1S/C12H19ClN2/c1-9(2)8-15(3)12-10(7-14)5-4-6-11(12)13/h4-6,9H,7-8,14H2,1-3H3. The van der Waals surface area contributed by atoms with Gasteiger partial charge in [0, 0.05) is 20.1 Å². The first-order valence-electron chi connectivity index (χ1n) is 5.24. The van der Waals surface area contributed by atoms with E-state index < -0.39 is 0 Å². The highest BCUT2D eigenvalue weighted by molar-refractivity contribution is 6.33. The summed E-state index contributed by atoms with van der Waals surface area (Å²) in [6, 6.07) is 5.88. The number of para-hydroxylation sites is 1. The minimum absolute atomic E-state index is 0.526. The van der Waals surface area contributed by atoms with Crippen molar-refractivity contribution in [2.75, 3.05) is 18.5 Å². The third kappa shape index (κ3) is 3.11. The van der Waals surface area contributed by atoms with Crippen LogP contribution in [-0.4, -0.2) is 13.6 Å². The van der Waals surface area contributed by atoms with Gasteiger partial charge in [-0.3, -0.25) is 0 Å². The minimum atomic E-state index is 0.526. The Labute approximate surface area is 97.0 Å². The van der Waals surface area contributed by atoms with Gasteiger partial charge in [0.05, 0.1) is 10.7 Å². The molecule has 0 saturated carbocycles. The summed E-state index contributed by atoms with van der Waals surface area (Å²) in [6.07, 6.45) is 0. The third-order valence-electron chi connectivity index (χ3n) is 2.31. The smallest absolute Gasteiger partial charge is 0.0642 e. The Morgan fingerprint density at radius 3 is 2.60 bits per heavy atom. The second-order valence-corrected chi connectivity index (χ2v) is 4.63. The number of benzene rings is 1. The highest BCUT2D eigenvalue weighted by Crippen LogP contribution is 2.29. The average molecular weight is 227 g/mol. The van der Waals surface area contributed by atoms with Gasteiger partial charge in [0.25, 0.3) is 0 Å². The quantitative estimate of drug-likeness (QED) is 0.856. The molecule has 0 aromatic heterocycles. The summed E-state index contributed by atoms with van der Waals surface area (Å²) < 4.78 is 0. The lowest BCUT2D eigenvalue weighted by molar-refractivity contribution is 0.637. The van der Waals surface area contributed by atoms with Crippen molar-refractivity contribution in [3.05, 3.63) is 28.8 Å². The van der Waals surface area contributed by atoms with Crippen LogP contribution in [-0.2, 0) is 6.54 Å². The Balaban J connectivity index is 3.00. The van der Waals surface area contributed by atoms with Crippen LogP contribution in [0.5, 0.6) is 0 Å².